The Morgan fingerprint density at radius 2 is 1.88 bits per heavy atom. The van der Waals surface area contributed by atoms with E-state index in [4.69, 9.17) is 4.74 Å². The summed E-state index contributed by atoms with van der Waals surface area (Å²) >= 11 is 1.45. The van der Waals surface area contributed by atoms with Crippen molar-refractivity contribution < 1.29 is 14.3 Å². The van der Waals surface area contributed by atoms with Gasteiger partial charge in [0.25, 0.3) is 5.91 Å². The molecule has 1 heterocycles. The molecule has 26 heavy (non-hydrogen) atoms. The maximum atomic E-state index is 12.2. The first-order chi connectivity index (χ1) is 12.5. The topological polar surface area (TPSA) is 79.2 Å². The molecule has 0 saturated carbocycles. The van der Waals surface area contributed by atoms with Crippen molar-refractivity contribution in [2.24, 2.45) is 0 Å². The predicted octanol–water partition coefficient (Wildman–Crippen LogP) is 3.91. The van der Waals surface area contributed by atoms with Crippen LogP contribution in [0, 0.1) is 25.2 Å². The van der Waals surface area contributed by atoms with Crippen molar-refractivity contribution in [2.45, 2.75) is 39.5 Å². The number of carbonyl (C=O) groups excluding carboxylic acids is 2. The van der Waals surface area contributed by atoms with E-state index in [2.05, 4.69) is 11.4 Å². The number of nitriles is 1. The van der Waals surface area contributed by atoms with Crippen LogP contribution in [0.5, 0.6) is 0 Å². The van der Waals surface area contributed by atoms with E-state index in [1.54, 1.807) is 12.1 Å². The minimum absolute atomic E-state index is 0.376. The number of aryl methyl sites for hydroxylation is 3. The third-order valence-electron chi connectivity index (χ3n) is 4.33. The maximum absolute atomic E-state index is 12.2. The van der Waals surface area contributed by atoms with Crippen LogP contribution in [0.4, 0.5) is 5.00 Å². The molecule has 1 aromatic heterocycles. The minimum atomic E-state index is -0.530. The zero-order valence-electron chi connectivity index (χ0n) is 14.8. The molecule has 1 amide bonds. The van der Waals surface area contributed by atoms with Crippen LogP contribution in [-0.4, -0.2) is 18.5 Å². The summed E-state index contributed by atoms with van der Waals surface area (Å²) in [6.45, 7) is 3.43. The normalized spacial score (nSPS) is 12.8. The van der Waals surface area contributed by atoms with Gasteiger partial charge in [-0.25, -0.2) is 4.79 Å². The van der Waals surface area contributed by atoms with Crippen LogP contribution in [0.15, 0.2) is 18.2 Å². The van der Waals surface area contributed by atoms with E-state index in [0.29, 0.717) is 16.1 Å². The molecule has 0 saturated heterocycles. The van der Waals surface area contributed by atoms with Crippen molar-refractivity contribution in [2.75, 3.05) is 11.9 Å². The number of amides is 1. The van der Waals surface area contributed by atoms with E-state index in [0.717, 1.165) is 42.4 Å². The molecule has 0 atom stereocenters. The van der Waals surface area contributed by atoms with E-state index >= 15 is 0 Å². The standard InChI is InChI=1S/C20H20N2O3S/c1-12-7-13(2)9-14(8-12)20(24)25-11-18(23)22-19-16(10-21)15-5-3-4-6-17(15)26-19/h7-9H,3-6,11H2,1-2H3,(H,22,23). The van der Waals surface area contributed by atoms with Crippen molar-refractivity contribution in [3.05, 3.63) is 50.9 Å². The Labute approximate surface area is 156 Å². The average Bonchev–Trinajstić information content (AvgIpc) is 2.95. The molecule has 2 aromatic rings. The second kappa shape index (κ2) is 7.71. The van der Waals surface area contributed by atoms with Gasteiger partial charge in [0, 0.05) is 4.88 Å². The maximum Gasteiger partial charge on any atom is 0.338 e. The zero-order valence-corrected chi connectivity index (χ0v) is 15.7. The van der Waals surface area contributed by atoms with Gasteiger partial charge in [-0.1, -0.05) is 17.2 Å². The number of nitrogens with zero attached hydrogens (tertiary/aromatic N) is 1. The number of esters is 1. The van der Waals surface area contributed by atoms with Gasteiger partial charge in [-0.15, -0.1) is 11.3 Å². The minimum Gasteiger partial charge on any atom is -0.452 e. The summed E-state index contributed by atoms with van der Waals surface area (Å²) in [6, 6.07) is 7.62. The smallest absolute Gasteiger partial charge is 0.338 e. The molecule has 1 aliphatic carbocycles. The second-order valence-electron chi connectivity index (χ2n) is 6.53. The number of carbonyl (C=O) groups is 2. The lowest BCUT2D eigenvalue weighted by Crippen LogP contribution is -2.21. The van der Waals surface area contributed by atoms with Crippen molar-refractivity contribution in [1.29, 1.82) is 5.26 Å². The quantitative estimate of drug-likeness (QED) is 0.830. The summed E-state index contributed by atoms with van der Waals surface area (Å²) in [7, 11) is 0. The molecule has 5 nitrogen and oxygen atoms in total. The Balaban J connectivity index is 1.64. The molecule has 0 fully saturated rings. The van der Waals surface area contributed by atoms with Gasteiger partial charge in [-0.05, 0) is 57.2 Å². The van der Waals surface area contributed by atoms with Crippen molar-refractivity contribution in [1.82, 2.24) is 0 Å². The van der Waals surface area contributed by atoms with Crippen molar-refractivity contribution in [3.63, 3.8) is 0 Å². The van der Waals surface area contributed by atoms with E-state index < -0.39 is 11.9 Å². The SMILES string of the molecule is Cc1cc(C)cc(C(=O)OCC(=O)Nc2sc3c(c2C#N)CCCC3)c1. The van der Waals surface area contributed by atoms with Gasteiger partial charge in [-0.2, -0.15) is 5.26 Å². The lowest BCUT2D eigenvalue weighted by atomic mass is 9.96. The third kappa shape index (κ3) is 3.94. The zero-order chi connectivity index (χ0) is 18.7. The lowest BCUT2D eigenvalue weighted by Gasteiger charge is -2.09. The first-order valence-corrected chi connectivity index (χ1v) is 9.39. The number of anilines is 1. The fourth-order valence-corrected chi connectivity index (χ4v) is 4.50. The fraction of sp³-hybridized carbons (Fsp3) is 0.350. The summed E-state index contributed by atoms with van der Waals surface area (Å²) < 4.78 is 5.12. The Hall–Kier alpha value is -2.65. The van der Waals surface area contributed by atoms with E-state index in [9.17, 15) is 14.9 Å². The van der Waals surface area contributed by atoms with E-state index in [1.165, 1.54) is 16.2 Å². The number of ether oxygens (including phenoxy) is 1. The molecule has 134 valence electrons. The van der Waals surface area contributed by atoms with Crippen molar-refractivity contribution >= 4 is 28.2 Å². The third-order valence-corrected chi connectivity index (χ3v) is 5.54. The number of nitrogens with one attached hydrogen (secondary N) is 1. The Kier molecular flexibility index (Phi) is 5.38. The molecule has 1 aliphatic rings. The molecule has 0 spiro atoms. The monoisotopic (exact) mass is 368 g/mol. The number of hydrogen-bond donors (Lipinski definition) is 1. The van der Waals surface area contributed by atoms with E-state index in [1.807, 2.05) is 19.9 Å². The van der Waals surface area contributed by atoms with Crippen LogP contribution < -0.4 is 5.32 Å². The highest BCUT2D eigenvalue weighted by Crippen LogP contribution is 2.37. The first kappa shape index (κ1) is 18.2. The first-order valence-electron chi connectivity index (χ1n) is 8.58. The highest BCUT2D eigenvalue weighted by atomic mass is 32.1. The molecule has 3 rings (SSSR count). The van der Waals surface area contributed by atoms with Crippen LogP contribution in [0.1, 0.15) is 50.3 Å². The fourth-order valence-electron chi connectivity index (χ4n) is 3.24. The summed E-state index contributed by atoms with van der Waals surface area (Å²) in [4.78, 5) is 25.5. The van der Waals surface area contributed by atoms with Crippen LogP contribution in [0.3, 0.4) is 0 Å². The highest BCUT2D eigenvalue weighted by Gasteiger charge is 2.22. The van der Waals surface area contributed by atoms with E-state index in [-0.39, 0.29) is 6.61 Å². The van der Waals surface area contributed by atoms with Crippen molar-refractivity contribution in [3.8, 4) is 6.07 Å². The van der Waals surface area contributed by atoms with Gasteiger partial charge >= 0.3 is 5.97 Å². The van der Waals surface area contributed by atoms with Crippen LogP contribution >= 0.6 is 11.3 Å². The van der Waals surface area contributed by atoms with Gasteiger partial charge < -0.3 is 10.1 Å². The van der Waals surface area contributed by atoms with Gasteiger partial charge in [0.05, 0.1) is 11.1 Å². The van der Waals surface area contributed by atoms with Gasteiger partial charge in [0.15, 0.2) is 6.61 Å². The summed E-state index contributed by atoms with van der Waals surface area (Å²) in [6.07, 6.45) is 4.01. The highest BCUT2D eigenvalue weighted by molar-refractivity contribution is 7.16. The second-order valence-corrected chi connectivity index (χ2v) is 7.63. The predicted molar refractivity (Wildman–Crippen MR) is 101 cm³/mol. The lowest BCUT2D eigenvalue weighted by molar-refractivity contribution is -0.119. The van der Waals surface area contributed by atoms with Gasteiger partial charge in [0.1, 0.15) is 11.1 Å². The molecule has 6 heteroatoms. The Morgan fingerprint density at radius 1 is 1.19 bits per heavy atom. The molecule has 0 aliphatic heterocycles. The largest absolute Gasteiger partial charge is 0.452 e. The number of rotatable bonds is 4. The summed E-state index contributed by atoms with van der Waals surface area (Å²) in [5.74, 6) is -0.962. The Morgan fingerprint density at radius 3 is 2.58 bits per heavy atom. The molecule has 0 radical (unpaired) electrons. The summed E-state index contributed by atoms with van der Waals surface area (Å²) in [5, 5.41) is 12.7. The number of fused-ring (bicyclic) bond motifs is 1. The van der Waals surface area contributed by atoms with Crippen LogP contribution in [0.25, 0.3) is 0 Å². The van der Waals surface area contributed by atoms with Crippen LogP contribution in [-0.2, 0) is 22.4 Å². The number of benzene rings is 1. The van der Waals surface area contributed by atoms with Gasteiger partial charge in [-0.3, -0.25) is 4.79 Å². The van der Waals surface area contributed by atoms with Gasteiger partial charge in [0.2, 0.25) is 0 Å². The summed E-state index contributed by atoms with van der Waals surface area (Å²) in [5.41, 5.74) is 3.97. The number of hydrogen-bond acceptors (Lipinski definition) is 5. The molecular formula is C20H20N2O3S. The number of thiophene rings is 1. The molecule has 0 bridgehead atoms. The molecule has 1 aromatic carbocycles. The molecule has 1 N–H and O–H groups in total. The average molecular weight is 368 g/mol. The molecular weight excluding hydrogens is 348 g/mol. The molecule has 0 unspecified atom stereocenters. The van der Waals surface area contributed by atoms with Crippen LogP contribution in [0.2, 0.25) is 0 Å². The Bertz CT molecular complexity index is 888.